The number of hydrogen-bond donors (Lipinski definition) is 1. The zero-order chi connectivity index (χ0) is 13.1. The molecular formula is C11H10ClN3O3. The first-order valence-electron chi connectivity index (χ1n) is 5.09. The van der Waals surface area contributed by atoms with Crippen molar-refractivity contribution in [2.75, 3.05) is 18.3 Å². The number of rotatable bonds is 2. The van der Waals surface area contributed by atoms with Crippen LogP contribution in [0.15, 0.2) is 24.3 Å². The molecule has 0 aliphatic rings. The van der Waals surface area contributed by atoms with E-state index in [1.807, 2.05) is 0 Å². The van der Waals surface area contributed by atoms with Crippen molar-refractivity contribution in [3.63, 3.8) is 0 Å². The number of imidazole rings is 1. The predicted molar refractivity (Wildman–Crippen MR) is 66.9 cm³/mol. The lowest BCUT2D eigenvalue weighted by molar-refractivity contribution is -0.114. The predicted octanol–water partition coefficient (Wildman–Crippen LogP) is 1.83. The number of ether oxygens (including phenoxy) is 1. The van der Waals surface area contributed by atoms with Gasteiger partial charge in [0.2, 0.25) is 11.9 Å². The van der Waals surface area contributed by atoms with Crippen molar-refractivity contribution in [1.29, 1.82) is 0 Å². The van der Waals surface area contributed by atoms with Gasteiger partial charge in [0, 0.05) is 0 Å². The number of anilines is 1. The lowest BCUT2D eigenvalue weighted by atomic mass is 10.3. The highest BCUT2D eigenvalue weighted by Crippen LogP contribution is 2.19. The molecule has 1 amide bonds. The summed E-state index contributed by atoms with van der Waals surface area (Å²) >= 11 is 5.40. The number of methoxy groups -OCH3 is 1. The first kappa shape index (κ1) is 12.4. The van der Waals surface area contributed by atoms with Crippen LogP contribution in [0.4, 0.5) is 10.7 Å². The Morgan fingerprint density at radius 1 is 1.44 bits per heavy atom. The molecule has 2 rings (SSSR count). The maximum atomic E-state index is 11.7. The van der Waals surface area contributed by atoms with Gasteiger partial charge in [-0.3, -0.25) is 10.1 Å². The van der Waals surface area contributed by atoms with Gasteiger partial charge >= 0.3 is 6.09 Å². The van der Waals surface area contributed by atoms with Gasteiger partial charge in [-0.05, 0) is 12.1 Å². The summed E-state index contributed by atoms with van der Waals surface area (Å²) in [6.45, 7) is 0. The molecule has 1 aromatic heterocycles. The van der Waals surface area contributed by atoms with E-state index in [-0.39, 0.29) is 11.8 Å². The van der Waals surface area contributed by atoms with Gasteiger partial charge in [-0.1, -0.05) is 12.1 Å². The van der Waals surface area contributed by atoms with E-state index in [0.717, 1.165) is 0 Å². The molecule has 0 bridgehead atoms. The minimum atomic E-state index is -0.631. The Morgan fingerprint density at radius 3 is 2.83 bits per heavy atom. The fraction of sp³-hybridized carbons (Fsp3) is 0.182. The molecule has 7 heteroatoms. The van der Waals surface area contributed by atoms with E-state index >= 15 is 0 Å². The van der Waals surface area contributed by atoms with Crippen LogP contribution in [0.5, 0.6) is 0 Å². The average molecular weight is 268 g/mol. The minimum absolute atomic E-state index is 0.0914. The van der Waals surface area contributed by atoms with Gasteiger partial charge in [0.25, 0.3) is 0 Å². The molecule has 94 valence electrons. The van der Waals surface area contributed by atoms with E-state index in [4.69, 9.17) is 11.6 Å². The molecule has 0 atom stereocenters. The lowest BCUT2D eigenvalue weighted by Gasteiger charge is -2.06. The summed E-state index contributed by atoms with van der Waals surface area (Å²) in [6.07, 6.45) is -0.631. The molecule has 1 N–H and O–H groups in total. The van der Waals surface area contributed by atoms with Crippen molar-refractivity contribution in [3.05, 3.63) is 24.3 Å². The summed E-state index contributed by atoms with van der Waals surface area (Å²) in [4.78, 5) is 27.1. The van der Waals surface area contributed by atoms with Crippen LogP contribution in [0.1, 0.15) is 0 Å². The van der Waals surface area contributed by atoms with Crippen LogP contribution in [-0.4, -0.2) is 34.5 Å². The lowest BCUT2D eigenvalue weighted by Crippen LogP contribution is -2.20. The number of halogens is 1. The molecular weight excluding hydrogens is 258 g/mol. The van der Waals surface area contributed by atoms with E-state index in [9.17, 15) is 9.59 Å². The molecule has 0 radical (unpaired) electrons. The highest BCUT2D eigenvalue weighted by Gasteiger charge is 2.18. The fourth-order valence-electron chi connectivity index (χ4n) is 1.54. The molecule has 1 heterocycles. The highest BCUT2D eigenvalue weighted by atomic mass is 35.5. The van der Waals surface area contributed by atoms with E-state index in [0.29, 0.717) is 11.0 Å². The van der Waals surface area contributed by atoms with Crippen LogP contribution in [0.25, 0.3) is 11.0 Å². The van der Waals surface area contributed by atoms with Crippen LogP contribution in [0.3, 0.4) is 0 Å². The van der Waals surface area contributed by atoms with Crippen LogP contribution < -0.4 is 5.32 Å². The summed E-state index contributed by atoms with van der Waals surface area (Å²) in [5.41, 5.74) is 1.13. The molecule has 0 saturated carbocycles. The SMILES string of the molecule is COC(=O)n1c(NC(=O)CCl)nc2ccccc21. The maximum absolute atomic E-state index is 11.7. The number of hydrogen-bond acceptors (Lipinski definition) is 4. The van der Waals surface area contributed by atoms with Crippen molar-refractivity contribution in [2.45, 2.75) is 0 Å². The summed E-state index contributed by atoms with van der Waals surface area (Å²) in [5, 5.41) is 2.44. The molecule has 0 spiro atoms. The summed E-state index contributed by atoms with van der Waals surface area (Å²) in [5.74, 6) is -0.574. The number of nitrogens with zero attached hydrogens (tertiary/aromatic N) is 2. The first-order chi connectivity index (χ1) is 8.67. The Kier molecular flexibility index (Phi) is 3.47. The second kappa shape index (κ2) is 5.05. The highest BCUT2D eigenvalue weighted by molar-refractivity contribution is 6.29. The van der Waals surface area contributed by atoms with Crippen LogP contribution >= 0.6 is 11.6 Å². The van der Waals surface area contributed by atoms with Crippen LogP contribution in [0.2, 0.25) is 0 Å². The van der Waals surface area contributed by atoms with Crippen molar-refractivity contribution in [2.24, 2.45) is 0 Å². The first-order valence-corrected chi connectivity index (χ1v) is 5.62. The number of amides is 1. The summed E-state index contributed by atoms with van der Waals surface area (Å²) in [7, 11) is 1.25. The zero-order valence-corrected chi connectivity index (χ0v) is 10.3. The van der Waals surface area contributed by atoms with E-state index < -0.39 is 12.0 Å². The molecule has 0 unspecified atom stereocenters. The van der Waals surface area contributed by atoms with Crippen molar-refractivity contribution in [3.8, 4) is 0 Å². The third kappa shape index (κ3) is 2.14. The van der Waals surface area contributed by atoms with Gasteiger partial charge in [-0.25, -0.2) is 14.3 Å². The molecule has 0 saturated heterocycles. The normalized spacial score (nSPS) is 10.3. The summed E-state index contributed by atoms with van der Waals surface area (Å²) < 4.78 is 5.84. The second-order valence-electron chi connectivity index (χ2n) is 3.41. The second-order valence-corrected chi connectivity index (χ2v) is 3.68. The van der Waals surface area contributed by atoms with Crippen molar-refractivity contribution >= 4 is 40.6 Å². The van der Waals surface area contributed by atoms with E-state index in [2.05, 4.69) is 15.0 Å². The van der Waals surface area contributed by atoms with Crippen LogP contribution in [0, 0.1) is 0 Å². The van der Waals surface area contributed by atoms with Crippen LogP contribution in [-0.2, 0) is 9.53 Å². The Bertz CT molecular complexity index is 609. The van der Waals surface area contributed by atoms with Crippen molar-refractivity contribution in [1.82, 2.24) is 9.55 Å². The largest absolute Gasteiger partial charge is 0.452 e. The molecule has 0 aliphatic carbocycles. The smallest absolute Gasteiger partial charge is 0.421 e. The number of fused-ring (bicyclic) bond motifs is 1. The van der Waals surface area contributed by atoms with E-state index in [1.54, 1.807) is 24.3 Å². The fourth-order valence-corrected chi connectivity index (χ4v) is 1.61. The quantitative estimate of drug-likeness (QED) is 0.843. The number of aromatic nitrogens is 2. The third-order valence-corrected chi connectivity index (χ3v) is 2.53. The Labute approximate surface area is 108 Å². The van der Waals surface area contributed by atoms with Gasteiger partial charge in [-0.15, -0.1) is 11.6 Å². The molecule has 0 fully saturated rings. The number of alkyl halides is 1. The van der Waals surface area contributed by atoms with E-state index in [1.165, 1.54) is 11.7 Å². The Balaban J connectivity index is 2.57. The number of carbonyl (C=O) groups excluding carboxylic acids is 2. The molecule has 2 aromatic rings. The number of nitrogens with one attached hydrogen (secondary N) is 1. The average Bonchev–Trinajstić information content (AvgIpc) is 2.75. The number of para-hydroxylation sites is 2. The number of benzene rings is 1. The summed E-state index contributed by atoms with van der Waals surface area (Å²) in [6, 6.07) is 6.97. The monoisotopic (exact) mass is 267 g/mol. The Hall–Kier alpha value is -2.08. The molecule has 6 nitrogen and oxygen atoms in total. The third-order valence-electron chi connectivity index (χ3n) is 2.29. The zero-order valence-electron chi connectivity index (χ0n) is 9.51. The molecule has 18 heavy (non-hydrogen) atoms. The van der Waals surface area contributed by atoms with Gasteiger partial charge in [0.1, 0.15) is 5.88 Å². The minimum Gasteiger partial charge on any atom is -0.452 e. The van der Waals surface area contributed by atoms with Crippen molar-refractivity contribution < 1.29 is 14.3 Å². The van der Waals surface area contributed by atoms with Gasteiger partial charge < -0.3 is 4.74 Å². The standard InChI is InChI=1S/C11H10ClN3O3/c1-18-11(17)15-8-5-3-2-4-7(8)13-10(15)14-9(16)6-12/h2-5H,6H2,1H3,(H,13,14,16). The van der Waals surface area contributed by atoms with Gasteiger partial charge in [-0.2, -0.15) is 0 Å². The molecule has 0 aliphatic heterocycles. The Morgan fingerprint density at radius 2 is 2.17 bits per heavy atom. The topological polar surface area (TPSA) is 73.2 Å². The van der Waals surface area contributed by atoms with Gasteiger partial charge in [0.05, 0.1) is 18.1 Å². The number of carbonyl (C=O) groups is 2. The van der Waals surface area contributed by atoms with Gasteiger partial charge in [0.15, 0.2) is 0 Å². The molecule has 1 aromatic carbocycles. The maximum Gasteiger partial charge on any atom is 0.421 e.